The summed E-state index contributed by atoms with van der Waals surface area (Å²) in [6.07, 6.45) is 1.67. The Morgan fingerprint density at radius 1 is 1.23 bits per heavy atom. The zero-order valence-electron chi connectivity index (χ0n) is 12.3. The van der Waals surface area contributed by atoms with Gasteiger partial charge in [-0.1, -0.05) is 6.07 Å². The number of hydrogen-bond acceptors (Lipinski definition) is 7. The van der Waals surface area contributed by atoms with Crippen LogP contribution < -0.4 is 9.47 Å². The lowest BCUT2D eigenvalue weighted by Gasteiger charge is -2.10. The molecule has 0 atom stereocenters. The number of methoxy groups -OCH3 is 1. The van der Waals surface area contributed by atoms with E-state index in [1.807, 2.05) is 0 Å². The number of aliphatic hydroxyl groups excluding tert-OH is 2. The van der Waals surface area contributed by atoms with Gasteiger partial charge in [-0.25, -0.2) is 4.79 Å². The molecule has 0 amide bonds. The number of carbonyl (C=O) groups is 2. The molecule has 0 aliphatic rings. The minimum atomic E-state index is -0.946. The van der Waals surface area contributed by atoms with E-state index in [2.05, 4.69) is 0 Å². The third kappa shape index (κ3) is 5.55. The lowest BCUT2D eigenvalue weighted by molar-refractivity contribution is -0.147. The molecule has 0 aromatic heterocycles. The second kappa shape index (κ2) is 8.81. The van der Waals surface area contributed by atoms with Crippen LogP contribution in [0.3, 0.4) is 0 Å². The molecule has 2 N–H and O–H groups in total. The van der Waals surface area contributed by atoms with Gasteiger partial charge in [0, 0.05) is 13.0 Å². The first-order valence-electron chi connectivity index (χ1n) is 6.47. The van der Waals surface area contributed by atoms with E-state index in [-0.39, 0.29) is 5.75 Å². The van der Waals surface area contributed by atoms with Gasteiger partial charge in [0.1, 0.15) is 6.10 Å². The molecule has 0 unspecified atom stereocenters. The first-order chi connectivity index (χ1) is 10.5. The maximum absolute atomic E-state index is 11.5. The average molecular weight is 310 g/mol. The summed E-state index contributed by atoms with van der Waals surface area (Å²) in [5, 5.41) is 17.6. The van der Waals surface area contributed by atoms with Crippen LogP contribution in [0.5, 0.6) is 11.5 Å². The van der Waals surface area contributed by atoms with Crippen LogP contribution in [0.15, 0.2) is 24.3 Å². The first-order valence-corrected chi connectivity index (χ1v) is 6.47. The molecule has 120 valence electrons. The Kier molecular flexibility index (Phi) is 7.07. The molecule has 0 aliphatic heterocycles. The molecule has 0 fully saturated rings. The molecule has 0 bridgehead atoms. The van der Waals surface area contributed by atoms with Gasteiger partial charge < -0.3 is 24.4 Å². The molecular formula is C15H18O7. The van der Waals surface area contributed by atoms with Crippen molar-refractivity contribution < 1.29 is 34.0 Å². The lowest BCUT2D eigenvalue weighted by Crippen LogP contribution is -2.24. The topological polar surface area (TPSA) is 102 Å². The maximum atomic E-state index is 11.5. The Morgan fingerprint density at radius 2 is 1.91 bits per heavy atom. The highest BCUT2D eigenvalue weighted by atomic mass is 16.6. The fourth-order valence-corrected chi connectivity index (χ4v) is 1.53. The van der Waals surface area contributed by atoms with Crippen molar-refractivity contribution in [3.63, 3.8) is 0 Å². The molecule has 0 spiro atoms. The van der Waals surface area contributed by atoms with Crippen molar-refractivity contribution in [2.45, 2.75) is 13.0 Å². The highest BCUT2D eigenvalue weighted by Crippen LogP contribution is 2.28. The van der Waals surface area contributed by atoms with Crippen LogP contribution in [-0.2, 0) is 14.3 Å². The Labute approximate surface area is 127 Å². The van der Waals surface area contributed by atoms with Crippen LogP contribution in [0, 0.1) is 0 Å². The fourth-order valence-electron chi connectivity index (χ4n) is 1.53. The molecule has 1 aromatic carbocycles. The molecule has 0 heterocycles. The van der Waals surface area contributed by atoms with Crippen molar-refractivity contribution in [2.24, 2.45) is 0 Å². The largest absolute Gasteiger partial charge is 0.493 e. The van der Waals surface area contributed by atoms with E-state index in [1.54, 1.807) is 12.1 Å². The number of aliphatic hydroxyl groups is 2. The van der Waals surface area contributed by atoms with Gasteiger partial charge in [-0.05, 0) is 23.8 Å². The smallest absolute Gasteiger partial charge is 0.331 e. The predicted octanol–water partition coefficient (Wildman–Crippen LogP) is 0.530. The van der Waals surface area contributed by atoms with Gasteiger partial charge in [0.15, 0.2) is 11.5 Å². The van der Waals surface area contributed by atoms with E-state index in [1.165, 1.54) is 26.2 Å². The summed E-state index contributed by atoms with van der Waals surface area (Å²) in [5.74, 6) is -0.551. The van der Waals surface area contributed by atoms with Crippen molar-refractivity contribution in [3.8, 4) is 11.5 Å². The van der Waals surface area contributed by atoms with Crippen LogP contribution in [-0.4, -0.2) is 48.6 Å². The van der Waals surface area contributed by atoms with E-state index in [0.29, 0.717) is 11.3 Å². The van der Waals surface area contributed by atoms with Gasteiger partial charge in [-0.15, -0.1) is 0 Å². The van der Waals surface area contributed by atoms with E-state index in [0.717, 1.165) is 6.08 Å². The van der Waals surface area contributed by atoms with Gasteiger partial charge in [0.25, 0.3) is 0 Å². The molecule has 0 saturated heterocycles. The molecular weight excluding hydrogens is 292 g/mol. The van der Waals surface area contributed by atoms with Gasteiger partial charge >= 0.3 is 11.9 Å². The van der Waals surface area contributed by atoms with E-state index in [9.17, 15) is 9.59 Å². The molecule has 22 heavy (non-hydrogen) atoms. The number of benzene rings is 1. The number of hydrogen-bond donors (Lipinski definition) is 2. The van der Waals surface area contributed by atoms with Crippen molar-refractivity contribution in [1.82, 2.24) is 0 Å². The number of ether oxygens (including phenoxy) is 3. The summed E-state index contributed by atoms with van der Waals surface area (Å²) in [4.78, 5) is 22.4. The van der Waals surface area contributed by atoms with Crippen molar-refractivity contribution in [2.75, 3.05) is 20.3 Å². The second-order valence-corrected chi connectivity index (χ2v) is 4.26. The average Bonchev–Trinajstić information content (AvgIpc) is 2.51. The van der Waals surface area contributed by atoms with Crippen molar-refractivity contribution in [1.29, 1.82) is 0 Å². The monoisotopic (exact) mass is 310 g/mol. The normalized spacial score (nSPS) is 10.8. The number of rotatable bonds is 7. The van der Waals surface area contributed by atoms with Crippen LogP contribution in [0.2, 0.25) is 0 Å². The summed E-state index contributed by atoms with van der Waals surface area (Å²) < 4.78 is 14.8. The van der Waals surface area contributed by atoms with Gasteiger partial charge in [0.2, 0.25) is 0 Å². The van der Waals surface area contributed by atoms with Gasteiger partial charge in [0.05, 0.1) is 20.3 Å². The molecule has 0 radical (unpaired) electrons. The van der Waals surface area contributed by atoms with Crippen molar-refractivity contribution >= 4 is 18.0 Å². The molecule has 7 heteroatoms. The minimum absolute atomic E-state index is 0.273. The Bertz CT molecular complexity index is 547. The third-order valence-electron chi connectivity index (χ3n) is 2.54. The molecule has 1 aromatic rings. The third-order valence-corrected chi connectivity index (χ3v) is 2.54. The molecule has 7 nitrogen and oxygen atoms in total. The summed E-state index contributed by atoms with van der Waals surface area (Å²) in [6.45, 7) is 0.365. The standard InChI is InChI=1S/C15H18O7/c1-10(18)21-13-5-3-11(7-14(13)20-2)4-6-15(19)22-12(8-16)9-17/h3-7,12,16-17H,8-9H2,1-2H3/b6-4+. The Hall–Kier alpha value is -2.38. The molecule has 1 rings (SSSR count). The SMILES string of the molecule is COc1cc(/C=C/C(=O)OC(CO)CO)ccc1OC(C)=O. The minimum Gasteiger partial charge on any atom is -0.493 e. The summed E-state index contributed by atoms with van der Waals surface area (Å²) in [5.41, 5.74) is 0.620. The van der Waals surface area contributed by atoms with Crippen LogP contribution in [0.4, 0.5) is 0 Å². The fraction of sp³-hybridized carbons (Fsp3) is 0.333. The molecule has 0 aliphatic carbocycles. The van der Waals surface area contributed by atoms with Crippen LogP contribution in [0.1, 0.15) is 12.5 Å². The quantitative estimate of drug-likeness (QED) is 0.430. The zero-order valence-corrected chi connectivity index (χ0v) is 12.3. The zero-order chi connectivity index (χ0) is 16.5. The van der Waals surface area contributed by atoms with E-state index in [4.69, 9.17) is 24.4 Å². The maximum Gasteiger partial charge on any atom is 0.331 e. The van der Waals surface area contributed by atoms with Gasteiger partial charge in [-0.2, -0.15) is 0 Å². The Morgan fingerprint density at radius 3 is 2.45 bits per heavy atom. The Balaban J connectivity index is 2.79. The summed E-state index contributed by atoms with van der Waals surface area (Å²) in [6, 6.07) is 4.74. The molecule has 0 saturated carbocycles. The van der Waals surface area contributed by atoms with Crippen molar-refractivity contribution in [3.05, 3.63) is 29.8 Å². The lowest BCUT2D eigenvalue weighted by atomic mass is 10.2. The highest BCUT2D eigenvalue weighted by molar-refractivity contribution is 5.87. The first kappa shape index (κ1) is 17.7. The predicted molar refractivity (Wildman–Crippen MR) is 77.4 cm³/mol. The number of esters is 2. The van der Waals surface area contributed by atoms with Crippen LogP contribution >= 0.6 is 0 Å². The summed E-state index contributed by atoms with van der Waals surface area (Å²) >= 11 is 0. The summed E-state index contributed by atoms with van der Waals surface area (Å²) in [7, 11) is 1.43. The highest BCUT2D eigenvalue weighted by Gasteiger charge is 2.10. The number of carbonyl (C=O) groups excluding carboxylic acids is 2. The van der Waals surface area contributed by atoms with E-state index < -0.39 is 31.3 Å². The second-order valence-electron chi connectivity index (χ2n) is 4.26. The van der Waals surface area contributed by atoms with E-state index >= 15 is 0 Å². The van der Waals surface area contributed by atoms with Gasteiger partial charge in [-0.3, -0.25) is 4.79 Å². The van der Waals surface area contributed by atoms with Crippen LogP contribution in [0.25, 0.3) is 6.08 Å².